The van der Waals surface area contributed by atoms with E-state index in [1.54, 1.807) is 0 Å². The summed E-state index contributed by atoms with van der Waals surface area (Å²) in [6.45, 7) is 7.11. The molecular formula is C21H30F3NO3. The van der Waals surface area contributed by atoms with Crippen molar-refractivity contribution in [3.05, 3.63) is 48.0 Å². The number of rotatable bonds is 6. The standard InChI is InChI=1S/C11H11NO3.C8H16.C2H3F3/c13-8-12-10(7-15-11(12)14)6-9-4-2-1-3-5-9;1-4-5-6-7-8(2)3;1-2(3,4)5/h1-5,8,10H,6-7H2;5-6,8H,4,7H2,1-3H3;1H3/b;6-5+;/t10-;;/m1../s1. The van der Waals surface area contributed by atoms with Crippen molar-refractivity contribution in [2.45, 2.75) is 59.2 Å². The van der Waals surface area contributed by atoms with E-state index in [1.807, 2.05) is 30.3 Å². The maximum Gasteiger partial charge on any atom is 0.416 e. The minimum absolute atomic E-state index is 0.169. The van der Waals surface area contributed by atoms with Crippen LogP contribution in [-0.2, 0) is 16.0 Å². The van der Waals surface area contributed by atoms with Crippen molar-refractivity contribution in [1.82, 2.24) is 4.90 Å². The Bertz CT molecular complexity index is 580. The molecule has 0 spiro atoms. The van der Waals surface area contributed by atoms with Crippen LogP contribution >= 0.6 is 0 Å². The maximum absolute atomic E-state index is 11.1. The highest BCUT2D eigenvalue weighted by atomic mass is 19.4. The number of hydrogen-bond acceptors (Lipinski definition) is 3. The van der Waals surface area contributed by atoms with E-state index in [1.165, 1.54) is 12.8 Å². The molecule has 1 aromatic carbocycles. The lowest BCUT2D eigenvalue weighted by atomic mass is 10.1. The molecule has 2 amide bonds. The van der Waals surface area contributed by atoms with Crippen molar-refractivity contribution < 1.29 is 27.5 Å². The number of ether oxygens (including phenoxy) is 1. The van der Waals surface area contributed by atoms with E-state index in [-0.39, 0.29) is 19.6 Å². The van der Waals surface area contributed by atoms with Gasteiger partial charge in [0.15, 0.2) is 0 Å². The van der Waals surface area contributed by atoms with Gasteiger partial charge in [-0.25, -0.2) is 9.69 Å². The monoisotopic (exact) mass is 401 g/mol. The van der Waals surface area contributed by atoms with E-state index in [0.29, 0.717) is 12.8 Å². The minimum Gasteiger partial charge on any atom is -0.447 e. The van der Waals surface area contributed by atoms with Gasteiger partial charge in [0.25, 0.3) is 0 Å². The Morgan fingerprint density at radius 1 is 1.21 bits per heavy atom. The summed E-state index contributed by atoms with van der Waals surface area (Å²) in [5, 5.41) is 0. The molecule has 1 atom stereocenters. The number of amides is 2. The Balaban J connectivity index is 0.000000474. The number of cyclic esters (lactones) is 1. The third-order valence-corrected chi connectivity index (χ3v) is 3.44. The molecule has 4 nitrogen and oxygen atoms in total. The number of alkyl halides is 3. The molecule has 0 radical (unpaired) electrons. The van der Waals surface area contributed by atoms with Gasteiger partial charge in [-0.1, -0.05) is 63.3 Å². The van der Waals surface area contributed by atoms with E-state index in [0.717, 1.165) is 16.4 Å². The second-order valence-corrected chi connectivity index (χ2v) is 6.72. The second kappa shape index (κ2) is 13.8. The number of carbonyl (C=O) groups excluding carboxylic acids is 2. The highest BCUT2D eigenvalue weighted by Crippen LogP contribution is 2.15. The predicted octanol–water partition coefficient (Wildman–Crippen LogP) is 5.77. The average Bonchev–Trinajstić information content (AvgIpc) is 2.94. The molecular weight excluding hydrogens is 371 g/mol. The molecule has 1 fully saturated rings. The smallest absolute Gasteiger partial charge is 0.416 e. The number of halogens is 3. The molecule has 0 unspecified atom stereocenters. The summed E-state index contributed by atoms with van der Waals surface area (Å²) in [5.41, 5.74) is 1.09. The molecule has 1 aliphatic heterocycles. The first-order valence-electron chi connectivity index (χ1n) is 9.24. The molecule has 2 rings (SSSR count). The lowest BCUT2D eigenvalue weighted by molar-refractivity contribution is -0.116. The lowest BCUT2D eigenvalue weighted by Gasteiger charge is -2.13. The van der Waals surface area contributed by atoms with Crippen molar-refractivity contribution in [2.24, 2.45) is 5.92 Å². The van der Waals surface area contributed by atoms with Gasteiger partial charge in [-0.3, -0.25) is 4.79 Å². The number of carbonyl (C=O) groups is 2. The Hall–Kier alpha value is -2.31. The zero-order valence-corrected chi connectivity index (χ0v) is 16.9. The largest absolute Gasteiger partial charge is 0.447 e. The molecule has 1 aromatic rings. The number of allylic oxidation sites excluding steroid dienone is 2. The fraction of sp³-hybridized carbons (Fsp3) is 0.524. The molecule has 1 aliphatic rings. The fourth-order valence-electron chi connectivity index (χ4n) is 2.18. The Morgan fingerprint density at radius 2 is 1.79 bits per heavy atom. The van der Waals surface area contributed by atoms with Gasteiger partial charge in [-0.2, -0.15) is 13.2 Å². The molecule has 0 aliphatic carbocycles. The van der Waals surface area contributed by atoms with E-state index < -0.39 is 12.3 Å². The Morgan fingerprint density at radius 3 is 2.25 bits per heavy atom. The van der Waals surface area contributed by atoms with Gasteiger partial charge in [0.1, 0.15) is 6.61 Å². The number of benzene rings is 1. The quantitative estimate of drug-likeness (QED) is 0.449. The van der Waals surface area contributed by atoms with Crippen LogP contribution in [0.4, 0.5) is 18.0 Å². The van der Waals surface area contributed by atoms with Crippen LogP contribution in [0.1, 0.15) is 46.1 Å². The summed E-state index contributed by atoms with van der Waals surface area (Å²) in [5.74, 6) is 0.817. The van der Waals surface area contributed by atoms with Gasteiger partial charge in [0.05, 0.1) is 6.04 Å². The van der Waals surface area contributed by atoms with Gasteiger partial charge in [-0.15, -0.1) is 0 Å². The summed E-state index contributed by atoms with van der Waals surface area (Å²) in [4.78, 5) is 22.8. The third-order valence-electron chi connectivity index (χ3n) is 3.44. The summed E-state index contributed by atoms with van der Waals surface area (Å²) in [6, 6.07) is 9.54. The first-order valence-corrected chi connectivity index (χ1v) is 9.24. The molecule has 28 heavy (non-hydrogen) atoms. The van der Waals surface area contributed by atoms with E-state index in [2.05, 4.69) is 32.9 Å². The topological polar surface area (TPSA) is 46.6 Å². The molecule has 0 aromatic heterocycles. The molecule has 1 heterocycles. The maximum atomic E-state index is 11.1. The van der Waals surface area contributed by atoms with Gasteiger partial charge in [-0.05, 0) is 30.7 Å². The van der Waals surface area contributed by atoms with Crippen LogP contribution < -0.4 is 0 Å². The molecule has 0 saturated carbocycles. The van der Waals surface area contributed by atoms with Crippen molar-refractivity contribution >= 4 is 12.5 Å². The van der Waals surface area contributed by atoms with Crippen LogP contribution in [0.3, 0.4) is 0 Å². The Labute approximate surface area is 165 Å². The van der Waals surface area contributed by atoms with Crippen molar-refractivity contribution in [2.75, 3.05) is 6.61 Å². The van der Waals surface area contributed by atoms with E-state index in [4.69, 9.17) is 4.74 Å². The van der Waals surface area contributed by atoms with Crippen LogP contribution in [0.2, 0.25) is 0 Å². The normalized spacial score (nSPS) is 16.2. The lowest BCUT2D eigenvalue weighted by Crippen LogP contribution is -2.33. The fourth-order valence-corrected chi connectivity index (χ4v) is 2.18. The van der Waals surface area contributed by atoms with Crippen LogP contribution in [0.25, 0.3) is 0 Å². The summed E-state index contributed by atoms with van der Waals surface area (Å²) in [6.07, 6.45) is 3.50. The van der Waals surface area contributed by atoms with Gasteiger partial charge in [0, 0.05) is 6.92 Å². The average molecular weight is 401 g/mol. The minimum atomic E-state index is -4.00. The van der Waals surface area contributed by atoms with Crippen LogP contribution in [0, 0.1) is 5.92 Å². The highest BCUT2D eigenvalue weighted by Gasteiger charge is 2.32. The second-order valence-electron chi connectivity index (χ2n) is 6.72. The molecule has 0 N–H and O–H groups in total. The number of nitrogens with zero attached hydrogens (tertiary/aromatic N) is 1. The zero-order chi connectivity index (χ0) is 21.6. The number of hydrogen-bond donors (Lipinski definition) is 0. The van der Waals surface area contributed by atoms with Crippen molar-refractivity contribution in [3.63, 3.8) is 0 Å². The molecule has 0 bridgehead atoms. The number of imide groups is 1. The molecule has 7 heteroatoms. The van der Waals surface area contributed by atoms with Gasteiger partial charge in [0.2, 0.25) is 6.41 Å². The first kappa shape index (κ1) is 25.7. The zero-order valence-electron chi connectivity index (χ0n) is 16.9. The van der Waals surface area contributed by atoms with Gasteiger partial charge >= 0.3 is 12.3 Å². The van der Waals surface area contributed by atoms with Crippen LogP contribution in [0.15, 0.2) is 42.5 Å². The van der Waals surface area contributed by atoms with Crippen molar-refractivity contribution in [3.8, 4) is 0 Å². The molecule has 1 saturated heterocycles. The van der Waals surface area contributed by atoms with Crippen LogP contribution in [0.5, 0.6) is 0 Å². The van der Waals surface area contributed by atoms with Crippen molar-refractivity contribution in [1.29, 1.82) is 0 Å². The first-order chi connectivity index (χ1) is 13.1. The van der Waals surface area contributed by atoms with E-state index >= 15 is 0 Å². The SMILES string of the molecule is CC(F)(F)F.CC/C=C/CC(C)C.O=CN1C(=O)OC[C@H]1Cc1ccccc1. The Kier molecular flexibility index (Phi) is 12.7. The third kappa shape index (κ3) is 13.8. The highest BCUT2D eigenvalue weighted by molar-refractivity contribution is 5.82. The van der Waals surface area contributed by atoms with Gasteiger partial charge < -0.3 is 4.74 Å². The molecule has 158 valence electrons. The summed E-state index contributed by atoms with van der Waals surface area (Å²) in [7, 11) is 0. The summed E-state index contributed by atoms with van der Waals surface area (Å²) < 4.78 is 35.9. The summed E-state index contributed by atoms with van der Waals surface area (Å²) >= 11 is 0. The van der Waals surface area contributed by atoms with E-state index in [9.17, 15) is 22.8 Å². The van der Waals surface area contributed by atoms with Crippen LogP contribution in [-0.4, -0.2) is 36.2 Å². The predicted molar refractivity (Wildman–Crippen MR) is 104 cm³/mol.